The molecule has 0 aliphatic heterocycles. The molecule has 2 nitrogen and oxygen atoms in total. The number of rotatable bonds is 2. The number of carbonyl (C=O) groups is 1. The summed E-state index contributed by atoms with van der Waals surface area (Å²) >= 11 is 5.75. The molecule has 0 heterocycles. The number of carbonyl (C=O) groups excluding carboxylic acids is 1. The summed E-state index contributed by atoms with van der Waals surface area (Å²) in [6, 6.07) is 7.95. The van der Waals surface area contributed by atoms with Crippen molar-refractivity contribution in [2.45, 2.75) is 27.2 Å². The van der Waals surface area contributed by atoms with Gasteiger partial charge in [-0.2, -0.15) is 0 Å². The van der Waals surface area contributed by atoms with E-state index in [0.717, 1.165) is 0 Å². The van der Waals surface area contributed by atoms with E-state index < -0.39 is 0 Å². The predicted octanol–water partition coefficient (Wildman–Crippen LogP) is 3.51. The highest BCUT2D eigenvalue weighted by Gasteiger charge is 2.15. The first-order valence-corrected chi connectivity index (χ1v) is 5.22. The minimum atomic E-state index is -0.00518. The molecule has 0 saturated heterocycles. The van der Waals surface area contributed by atoms with Crippen molar-refractivity contribution >= 4 is 23.2 Å². The van der Waals surface area contributed by atoms with Crippen LogP contribution in [0.5, 0.6) is 0 Å². The molecule has 0 bridgehead atoms. The van der Waals surface area contributed by atoms with Gasteiger partial charge in [-0.25, -0.2) is 0 Å². The Morgan fingerprint density at radius 2 is 2.20 bits per heavy atom. The Balaban J connectivity index is 2.59. The van der Waals surface area contributed by atoms with Gasteiger partial charge in [0, 0.05) is 18.2 Å². The number of anilines is 1. The van der Waals surface area contributed by atoms with Crippen LogP contribution in [0, 0.1) is 11.5 Å². The highest BCUT2D eigenvalue weighted by molar-refractivity contribution is 6.30. The van der Waals surface area contributed by atoms with Crippen molar-refractivity contribution in [3.63, 3.8) is 0 Å². The Bertz CT molecular complexity index is 355. The Labute approximate surface area is 95.6 Å². The maximum Gasteiger partial charge on any atom is 0.224 e. The van der Waals surface area contributed by atoms with Gasteiger partial charge in [0.05, 0.1) is 5.02 Å². The van der Waals surface area contributed by atoms with Gasteiger partial charge in [0.15, 0.2) is 0 Å². The first-order chi connectivity index (χ1) is 6.87. The Kier molecular flexibility index (Phi) is 3.75. The second-order valence-electron chi connectivity index (χ2n) is 4.71. The number of hydrogen-bond donors (Lipinski definition) is 1. The van der Waals surface area contributed by atoms with Crippen molar-refractivity contribution in [2.75, 3.05) is 5.32 Å². The fourth-order valence-corrected chi connectivity index (χ4v) is 1.38. The molecule has 0 spiro atoms. The summed E-state index contributed by atoms with van der Waals surface area (Å²) in [5.74, 6) is 0.00441. The van der Waals surface area contributed by atoms with Crippen molar-refractivity contribution in [3.05, 3.63) is 29.3 Å². The van der Waals surface area contributed by atoms with Crippen LogP contribution in [0.15, 0.2) is 18.2 Å². The zero-order valence-electron chi connectivity index (χ0n) is 9.23. The molecule has 0 aliphatic carbocycles. The van der Waals surface area contributed by atoms with Crippen molar-refractivity contribution in [1.82, 2.24) is 0 Å². The number of amides is 1. The van der Waals surface area contributed by atoms with E-state index in [4.69, 9.17) is 11.6 Å². The summed E-state index contributed by atoms with van der Waals surface area (Å²) in [4.78, 5) is 11.6. The van der Waals surface area contributed by atoms with Gasteiger partial charge in [0.1, 0.15) is 0 Å². The summed E-state index contributed by atoms with van der Waals surface area (Å²) in [5.41, 5.74) is 0.711. The normalized spacial score (nSPS) is 11.2. The van der Waals surface area contributed by atoms with Crippen LogP contribution in [0.25, 0.3) is 0 Å². The van der Waals surface area contributed by atoms with Gasteiger partial charge in [0.25, 0.3) is 0 Å². The van der Waals surface area contributed by atoms with E-state index in [1.165, 1.54) is 0 Å². The molecule has 15 heavy (non-hydrogen) atoms. The minimum Gasteiger partial charge on any atom is -0.326 e. The first-order valence-electron chi connectivity index (χ1n) is 4.84. The SMILES string of the molecule is CC(C)(C)CC(=O)Nc1cc[c]c(Cl)c1. The fraction of sp³-hybridized carbons (Fsp3) is 0.417. The van der Waals surface area contributed by atoms with Gasteiger partial charge >= 0.3 is 0 Å². The molecule has 1 aromatic rings. The largest absolute Gasteiger partial charge is 0.326 e. The molecule has 3 heteroatoms. The van der Waals surface area contributed by atoms with Crippen LogP contribution in [-0.4, -0.2) is 5.91 Å². The third kappa shape index (κ3) is 4.84. The molecule has 0 aliphatic rings. The summed E-state index contributed by atoms with van der Waals surface area (Å²) < 4.78 is 0. The molecular weight excluding hydrogens is 210 g/mol. The summed E-state index contributed by atoms with van der Waals surface area (Å²) in [5, 5.41) is 3.30. The van der Waals surface area contributed by atoms with E-state index in [-0.39, 0.29) is 11.3 Å². The van der Waals surface area contributed by atoms with Gasteiger partial charge in [-0.3, -0.25) is 4.79 Å². The van der Waals surface area contributed by atoms with Crippen LogP contribution in [0.1, 0.15) is 27.2 Å². The lowest BCUT2D eigenvalue weighted by atomic mass is 9.92. The molecule has 0 fully saturated rings. The maximum absolute atomic E-state index is 11.6. The quantitative estimate of drug-likeness (QED) is 0.819. The lowest BCUT2D eigenvalue weighted by Gasteiger charge is -2.17. The second-order valence-corrected chi connectivity index (χ2v) is 5.12. The summed E-state index contributed by atoms with van der Waals surface area (Å²) in [6.45, 7) is 6.08. The van der Waals surface area contributed by atoms with Crippen molar-refractivity contribution in [2.24, 2.45) is 5.41 Å². The van der Waals surface area contributed by atoms with E-state index in [1.54, 1.807) is 18.2 Å². The molecule has 0 atom stereocenters. The van der Waals surface area contributed by atoms with E-state index in [9.17, 15) is 4.79 Å². The van der Waals surface area contributed by atoms with Crippen LogP contribution in [0.2, 0.25) is 5.02 Å². The van der Waals surface area contributed by atoms with Gasteiger partial charge in [-0.05, 0) is 17.5 Å². The number of benzene rings is 1. The van der Waals surface area contributed by atoms with E-state index in [2.05, 4.69) is 11.4 Å². The first kappa shape index (κ1) is 12.1. The van der Waals surface area contributed by atoms with Crippen LogP contribution in [-0.2, 0) is 4.79 Å². The predicted molar refractivity (Wildman–Crippen MR) is 63.0 cm³/mol. The fourth-order valence-electron chi connectivity index (χ4n) is 1.20. The Hall–Kier alpha value is -1.02. The molecule has 81 valence electrons. The monoisotopic (exact) mass is 224 g/mol. The third-order valence-electron chi connectivity index (χ3n) is 1.74. The van der Waals surface area contributed by atoms with Crippen LogP contribution < -0.4 is 5.32 Å². The molecule has 1 rings (SSSR count). The van der Waals surface area contributed by atoms with E-state index in [0.29, 0.717) is 17.1 Å². The molecule has 0 saturated carbocycles. The molecule has 0 unspecified atom stereocenters. The zero-order chi connectivity index (χ0) is 11.5. The van der Waals surface area contributed by atoms with Crippen LogP contribution in [0.4, 0.5) is 5.69 Å². The Morgan fingerprint density at radius 1 is 1.53 bits per heavy atom. The third-order valence-corrected chi connectivity index (χ3v) is 1.96. The average molecular weight is 225 g/mol. The highest BCUT2D eigenvalue weighted by atomic mass is 35.5. The van der Waals surface area contributed by atoms with Crippen LogP contribution >= 0.6 is 11.6 Å². The molecule has 1 N–H and O–H groups in total. The smallest absolute Gasteiger partial charge is 0.224 e. The van der Waals surface area contributed by atoms with Gasteiger partial charge in [-0.1, -0.05) is 38.4 Å². The lowest BCUT2D eigenvalue weighted by molar-refractivity contribution is -0.117. The second kappa shape index (κ2) is 4.67. The van der Waals surface area contributed by atoms with Gasteiger partial charge in [-0.15, -0.1) is 0 Å². The lowest BCUT2D eigenvalue weighted by Crippen LogP contribution is -2.19. The molecule has 1 amide bonds. The van der Waals surface area contributed by atoms with E-state index in [1.807, 2.05) is 20.8 Å². The van der Waals surface area contributed by atoms with Crippen molar-refractivity contribution in [1.29, 1.82) is 0 Å². The molecule has 0 aromatic heterocycles. The number of hydrogen-bond acceptors (Lipinski definition) is 1. The standard InChI is InChI=1S/C12H15ClNO/c1-12(2,3)8-11(15)14-10-6-4-5-9(13)7-10/h4,6-7H,8H2,1-3H3,(H,14,15). The van der Waals surface area contributed by atoms with Gasteiger partial charge in [0.2, 0.25) is 5.91 Å². The number of halogens is 1. The molecule has 1 aromatic carbocycles. The summed E-state index contributed by atoms with van der Waals surface area (Å²) in [6.07, 6.45) is 0.489. The topological polar surface area (TPSA) is 29.1 Å². The Morgan fingerprint density at radius 3 is 2.73 bits per heavy atom. The van der Waals surface area contributed by atoms with E-state index >= 15 is 0 Å². The molecule has 1 radical (unpaired) electrons. The maximum atomic E-state index is 11.6. The summed E-state index contributed by atoms with van der Waals surface area (Å²) in [7, 11) is 0. The van der Waals surface area contributed by atoms with Gasteiger partial charge < -0.3 is 5.32 Å². The number of nitrogens with one attached hydrogen (secondary N) is 1. The van der Waals surface area contributed by atoms with Crippen molar-refractivity contribution in [3.8, 4) is 0 Å². The van der Waals surface area contributed by atoms with Crippen molar-refractivity contribution < 1.29 is 4.79 Å². The molecular formula is C12H15ClNO. The average Bonchev–Trinajstić information content (AvgIpc) is 1.99. The van der Waals surface area contributed by atoms with Crippen LogP contribution in [0.3, 0.4) is 0 Å². The minimum absolute atomic E-state index is 0.00441. The zero-order valence-corrected chi connectivity index (χ0v) is 9.98. The highest BCUT2D eigenvalue weighted by Crippen LogP contribution is 2.20.